The molecule has 1 aromatic carbocycles. The zero-order valence-electron chi connectivity index (χ0n) is 14.5. The number of nitrogens with zero attached hydrogens (tertiary/aromatic N) is 2. The van der Waals surface area contributed by atoms with Crippen LogP contribution in [0.3, 0.4) is 0 Å². The maximum atomic E-state index is 5.54. The summed E-state index contributed by atoms with van der Waals surface area (Å²) in [5.41, 5.74) is 3.33. The molecule has 1 aromatic heterocycles. The average Bonchev–Trinajstić information content (AvgIpc) is 3.23. The van der Waals surface area contributed by atoms with E-state index < -0.39 is 0 Å². The summed E-state index contributed by atoms with van der Waals surface area (Å²) in [7, 11) is 5.20. The summed E-state index contributed by atoms with van der Waals surface area (Å²) >= 11 is 0. The van der Waals surface area contributed by atoms with Crippen LogP contribution in [0.2, 0.25) is 0 Å². The summed E-state index contributed by atoms with van der Waals surface area (Å²) in [5, 5.41) is 7.37. The van der Waals surface area contributed by atoms with Crippen molar-refractivity contribution in [3.05, 3.63) is 36.0 Å². The molecule has 0 bridgehead atoms. The second-order valence-electron chi connectivity index (χ2n) is 6.13. The van der Waals surface area contributed by atoms with E-state index in [1.54, 1.807) is 21.3 Å². The van der Waals surface area contributed by atoms with E-state index in [1.807, 2.05) is 30.5 Å². The summed E-state index contributed by atoms with van der Waals surface area (Å²) < 4.78 is 16.1. The Labute approximate surface area is 142 Å². The molecule has 0 amide bonds. The molecule has 0 radical (unpaired) electrons. The fraction of sp³-hybridized carbons (Fsp3) is 0.500. The Morgan fingerprint density at radius 3 is 2.67 bits per heavy atom. The Bertz CT molecular complexity index is 641. The summed E-state index contributed by atoms with van der Waals surface area (Å²) in [5.74, 6) is 0.849. The molecule has 0 spiro atoms. The molecule has 3 rings (SSSR count). The zero-order valence-corrected chi connectivity index (χ0v) is 14.5. The maximum Gasteiger partial charge on any atom is 0.118 e. The predicted molar refractivity (Wildman–Crippen MR) is 92.1 cm³/mol. The van der Waals surface area contributed by atoms with Gasteiger partial charge in [-0.05, 0) is 30.7 Å². The lowest BCUT2D eigenvalue weighted by molar-refractivity contribution is 0.106. The normalized spacial score (nSPS) is 21.3. The Morgan fingerprint density at radius 1 is 1.21 bits per heavy atom. The van der Waals surface area contributed by atoms with Gasteiger partial charge in [0, 0.05) is 44.5 Å². The first-order valence-electron chi connectivity index (χ1n) is 8.17. The van der Waals surface area contributed by atoms with Crippen LogP contribution in [-0.4, -0.2) is 61.7 Å². The molecule has 1 saturated heterocycles. The third-order valence-electron chi connectivity index (χ3n) is 4.65. The summed E-state index contributed by atoms with van der Waals surface area (Å²) in [6.07, 6.45) is 3.17. The van der Waals surface area contributed by atoms with Crippen molar-refractivity contribution in [3.63, 3.8) is 0 Å². The predicted octanol–water partition coefficient (Wildman–Crippen LogP) is 2.32. The Kier molecular flexibility index (Phi) is 5.50. The van der Waals surface area contributed by atoms with Crippen molar-refractivity contribution < 1.29 is 14.2 Å². The number of likely N-dealkylation sites (tertiary alicyclic amines) is 1. The van der Waals surface area contributed by atoms with Crippen molar-refractivity contribution in [3.8, 4) is 17.0 Å². The van der Waals surface area contributed by atoms with Gasteiger partial charge < -0.3 is 14.2 Å². The Morgan fingerprint density at radius 2 is 2.00 bits per heavy atom. The average molecular weight is 331 g/mol. The molecule has 130 valence electrons. The fourth-order valence-electron chi connectivity index (χ4n) is 3.33. The SMILES string of the molecule is COC[C@@H]1C[C@@H](OC)CN1Cc1cn[nH]c1-c1ccc(OC)cc1. The van der Waals surface area contributed by atoms with Gasteiger partial charge in [-0.15, -0.1) is 0 Å². The van der Waals surface area contributed by atoms with Gasteiger partial charge in [-0.3, -0.25) is 10.00 Å². The lowest BCUT2D eigenvalue weighted by atomic mass is 10.1. The van der Waals surface area contributed by atoms with Crippen molar-refractivity contribution in [2.75, 3.05) is 34.5 Å². The Hall–Kier alpha value is -1.89. The summed E-state index contributed by atoms with van der Waals surface area (Å²) in [6, 6.07) is 8.39. The number of aromatic amines is 1. The second-order valence-corrected chi connectivity index (χ2v) is 6.13. The van der Waals surface area contributed by atoms with Gasteiger partial charge in [-0.1, -0.05) is 0 Å². The van der Waals surface area contributed by atoms with Crippen molar-refractivity contribution >= 4 is 0 Å². The highest BCUT2D eigenvalue weighted by atomic mass is 16.5. The van der Waals surface area contributed by atoms with Crippen LogP contribution >= 0.6 is 0 Å². The number of hydrogen-bond donors (Lipinski definition) is 1. The van der Waals surface area contributed by atoms with Crippen LogP contribution in [0.5, 0.6) is 5.75 Å². The molecular weight excluding hydrogens is 306 g/mol. The third-order valence-corrected chi connectivity index (χ3v) is 4.65. The first kappa shape index (κ1) is 17.0. The molecule has 1 aliphatic rings. The van der Waals surface area contributed by atoms with E-state index in [-0.39, 0.29) is 6.10 Å². The molecule has 2 atom stereocenters. The van der Waals surface area contributed by atoms with E-state index in [2.05, 4.69) is 15.1 Å². The van der Waals surface area contributed by atoms with Gasteiger partial charge in [0.1, 0.15) is 5.75 Å². The molecule has 1 aliphatic heterocycles. The summed E-state index contributed by atoms with van der Waals surface area (Å²) in [6.45, 7) is 2.46. The minimum absolute atomic E-state index is 0.265. The monoisotopic (exact) mass is 331 g/mol. The van der Waals surface area contributed by atoms with Gasteiger partial charge in [0.15, 0.2) is 0 Å². The Balaban J connectivity index is 1.77. The number of rotatable bonds is 7. The third kappa shape index (κ3) is 3.61. The topological polar surface area (TPSA) is 59.6 Å². The molecule has 6 heteroatoms. The van der Waals surface area contributed by atoms with Crippen LogP contribution < -0.4 is 4.74 Å². The molecule has 0 unspecified atom stereocenters. The van der Waals surface area contributed by atoms with Crippen LogP contribution in [0.15, 0.2) is 30.5 Å². The van der Waals surface area contributed by atoms with Crippen molar-refractivity contribution in [1.29, 1.82) is 0 Å². The lowest BCUT2D eigenvalue weighted by Crippen LogP contribution is -2.32. The van der Waals surface area contributed by atoms with E-state index in [9.17, 15) is 0 Å². The van der Waals surface area contributed by atoms with E-state index in [1.165, 1.54) is 5.56 Å². The molecule has 6 nitrogen and oxygen atoms in total. The lowest BCUT2D eigenvalue weighted by Gasteiger charge is -2.23. The van der Waals surface area contributed by atoms with Gasteiger partial charge in [0.2, 0.25) is 0 Å². The maximum absolute atomic E-state index is 5.54. The fourth-order valence-corrected chi connectivity index (χ4v) is 3.33. The number of methoxy groups -OCH3 is 3. The van der Waals surface area contributed by atoms with Gasteiger partial charge >= 0.3 is 0 Å². The van der Waals surface area contributed by atoms with Gasteiger partial charge in [0.05, 0.1) is 31.7 Å². The number of benzene rings is 1. The molecule has 2 aromatic rings. The molecule has 0 saturated carbocycles. The standard InChI is InChI=1S/C18H25N3O3/c1-22-12-15-8-17(24-3)11-21(15)10-14-9-19-20-18(14)13-4-6-16(23-2)7-5-13/h4-7,9,15,17H,8,10-12H2,1-3H3,(H,19,20)/t15-,17+/m0/s1. The number of nitrogens with one attached hydrogen (secondary N) is 1. The summed E-state index contributed by atoms with van der Waals surface area (Å²) in [4.78, 5) is 2.41. The van der Waals surface area contributed by atoms with Crippen molar-refractivity contribution in [2.24, 2.45) is 0 Å². The van der Waals surface area contributed by atoms with Gasteiger partial charge in [-0.25, -0.2) is 0 Å². The highest BCUT2D eigenvalue weighted by Gasteiger charge is 2.32. The van der Waals surface area contributed by atoms with E-state index >= 15 is 0 Å². The largest absolute Gasteiger partial charge is 0.497 e. The van der Waals surface area contributed by atoms with Gasteiger partial charge in [-0.2, -0.15) is 5.10 Å². The molecule has 24 heavy (non-hydrogen) atoms. The molecular formula is C18H25N3O3. The van der Waals surface area contributed by atoms with Crippen LogP contribution in [0.4, 0.5) is 0 Å². The van der Waals surface area contributed by atoms with Crippen molar-refractivity contribution in [2.45, 2.75) is 25.1 Å². The zero-order chi connectivity index (χ0) is 16.9. The van der Waals surface area contributed by atoms with Crippen LogP contribution in [-0.2, 0) is 16.0 Å². The first-order chi connectivity index (χ1) is 11.7. The van der Waals surface area contributed by atoms with Crippen molar-refractivity contribution in [1.82, 2.24) is 15.1 Å². The molecule has 1 N–H and O–H groups in total. The second kappa shape index (κ2) is 7.79. The minimum atomic E-state index is 0.265. The van der Waals surface area contributed by atoms with Gasteiger partial charge in [0.25, 0.3) is 0 Å². The smallest absolute Gasteiger partial charge is 0.118 e. The molecule has 2 heterocycles. The molecule has 0 aliphatic carbocycles. The van der Waals surface area contributed by atoms with E-state index in [4.69, 9.17) is 14.2 Å². The molecule has 1 fully saturated rings. The highest BCUT2D eigenvalue weighted by molar-refractivity contribution is 5.63. The van der Waals surface area contributed by atoms with Crippen LogP contribution in [0.25, 0.3) is 11.3 Å². The van der Waals surface area contributed by atoms with Crippen LogP contribution in [0, 0.1) is 0 Å². The van der Waals surface area contributed by atoms with E-state index in [0.29, 0.717) is 6.04 Å². The minimum Gasteiger partial charge on any atom is -0.497 e. The number of H-pyrrole nitrogens is 1. The number of ether oxygens (including phenoxy) is 3. The van der Waals surface area contributed by atoms with Crippen LogP contribution in [0.1, 0.15) is 12.0 Å². The quantitative estimate of drug-likeness (QED) is 0.844. The number of aromatic nitrogens is 2. The number of hydrogen-bond acceptors (Lipinski definition) is 5. The highest BCUT2D eigenvalue weighted by Crippen LogP contribution is 2.28. The first-order valence-corrected chi connectivity index (χ1v) is 8.17. The van der Waals surface area contributed by atoms with E-state index in [0.717, 1.165) is 43.1 Å².